The maximum absolute atomic E-state index is 12.4. The molecule has 1 amide bonds. The fourth-order valence-corrected chi connectivity index (χ4v) is 3.48. The van der Waals surface area contributed by atoms with Crippen LogP contribution in [0.25, 0.3) is 0 Å². The van der Waals surface area contributed by atoms with E-state index in [1.165, 1.54) is 20.2 Å². The van der Waals surface area contributed by atoms with Gasteiger partial charge in [-0.25, -0.2) is 12.7 Å². The van der Waals surface area contributed by atoms with E-state index in [1.807, 2.05) is 13.0 Å². The third-order valence-corrected chi connectivity index (χ3v) is 5.70. The SMILES string of the molecule is CCOc1ccccc1OCC(=O)Nc1ccc(C)c(S(=O)(=O)N(C)C)c1. The summed E-state index contributed by atoms with van der Waals surface area (Å²) in [5.41, 5.74) is 0.983. The van der Waals surface area contributed by atoms with Gasteiger partial charge in [0, 0.05) is 19.8 Å². The molecule has 0 atom stereocenters. The second-order valence-electron chi connectivity index (χ2n) is 5.98. The van der Waals surface area contributed by atoms with E-state index in [1.54, 1.807) is 37.3 Å². The lowest BCUT2D eigenvalue weighted by Gasteiger charge is -2.15. The minimum atomic E-state index is -3.60. The van der Waals surface area contributed by atoms with Gasteiger partial charge in [-0.3, -0.25) is 4.79 Å². The highest BCUT2D eigenvalue weighted by atomic mass is 32.2. The number of ether oxygens (including phenoxy) is 2. The predicted octanol–water partition coefficient (Wildman–Crippen LogP) is 2.66. The van der Waals surface area contributed by atoms with E-state index in [9.17, 15) is 13.2 Å². The summed E-state index contributed by atoms with van der Waals surface area (Å²) in [5, 5.41) is 2.65. The number of hydrogen-bond donors (Lipinski definition) is 1. The maximum atomic E-state index is 12.4. The molecule has 1 N–H and O–H groups in total. The van der Waals surface area contributed by atoms with Crippen molar-refractivity contribution in [1.29, 1.82) is 0 Å². The highest BCUT2D eigenvalue weighted by Crippen LogP contribution is 2.26. The number of carbonyl (C=O) groups is 1. The first-order chi connectivity index (χ1) is 12.8. The van der Waals surface area contributed by atoms with Gasteiger partial charge in [0.25, 0.3) is 5.91 Å². The molecule has 0 aliphatic rings. The van der Waals surface area contributed by atoms with E-state index >= 15 is 0 Å². The average Bonchev–Trinajstić information content (AvgIpc) is 2.62. The van der Waals surface area contributed by atoms with Gasteiger partial charge in [-0.05, 0) is 43.7 Å². The Balaban J connectivity index is 2.09. The van der Waals surface area contributed by atoms with E-state index in [4.69, 9.17) is 9.47 Å². The molecule has 146 valence electrons. The molecule has 0 aliphatic carbocycles. The van der Waals surface area contributed by atoms with Gasteiger partial charge < -0.3 is 14.8 Å². The fourth-order valence-electron chi connectivity index (χ4n) is 2.34. The zero-order chi connectivity index (χ0) is 20.0. The van der Waals surface area contributed by atoms with Crippen molar-refractivity contribution in [3.8, 4) is 11.5 Å². The molecule has 2 aromatic rings. The Morgan fingerprint density at radius 3 is 2.30 bits per heavy atom. The van der Waals surface area contributed by atoms with E-state index in [0.717, 1.165) is 4.31 Å². The number of amides is 1. The number of nitrogens with zero attached hydrogens (tertiary/aromatic N) is 1. The quantitative estimate of drug-likeness (QED) is 0.747. The van der Waals surface area contributed by atoms with Gasteiger partial charge in [0.2, 0.25) is 10.0 Å². The molecule has 0 fully saturated rings. The molecule has 0 unspecified atom stereocenters. The van der Waals surface area contributed by atoms with Gasteiger partial charge in [-0.2, -0.15) is 0 Å². The molecule has 0 saturated heterocycles. The van der Waals surface area contributed by atoms with E-state index in [2.05, 4.69) is 5.32 Å². The largest absolute Gasteiger partial charge is 0.490 e. The first kappa shape index (κ1) is 20.7. The number of nitrogens with one attached hydrogen (secondary N) is 1. The van der Waals surface area contributed by atoms with Crippen molar-refractivity contribution in [2.75, 3.05) is 32.6 Å². The second-order valence-corrected chi connectivity index (χ2v) is 8.10. The zero-order valence-corrected chi connectivity index (χ0v) is 16.7. The van der Waals surface area contributed by atoms with Gasteiger partial charge in [-0.15, -0.1) is 0 Å². The van der Waals surface area contributed by atoms with Crippen LogP contribution in [0.15, 0.2) is 47.4 Å². The Bertz CT molecular complexity index is 910. The lowest BCUT2D eigenvalue weighted by molar-refractivity contribution is -0.118. The lowest BCUT2D eigenvalue weighted by Crippen LogP contribution is -2.24. The van der Waals surface area contributed by atoms with Crippen LogP contribution in [-0.4, -0.2) is 45.9 Å². The van der Waals surface area contributed by atoms with Crippen molar-refractivity contribution in [1.82, 2.24) is 4.31 Å². The van der Waals surface area contributed by atoms with Gasteiger partial charge >= 0.3 is 0 Å². The molecule has 7 nitrogen and oxygen atoms in total. The molecule has 27 heavy (non-hydrogen) atoms. The summed E-state index contributed by atoms with van der Waals surface area (Å²) >= 11 is 0. The topological polar surface area (TPSA) is 84.9 Å². The van der Waals surface area contributed by atoms with Crippen LogP contribution >= 0.6 is 0 Å². The summed E-state index contributed by atoms with van der Waals surface area (Å²) in [6.07, 6.45) is 0. The number of sulfonamides is 1. The molecule has 8 heteroatoms. The van der Waals surface area contributed by atoms with Crippen LogP contribution in [0.4, 0.5) is 5.69 Å². The first-order valence-corrected chi connectivity index (χ1v) is 9.87. The summed E-state index contributed by atoms with van der Waals surface area (Å²) < 4.78 is 36.9. The molecule has 0 radical (unpaired) electrons. The van der Waals surface area contributed by atoms with Crippen LogP contribution < -0.4 is 14.8 Å². The Kier molecular flexibility index (Phi) is 6.81. The highest BCUT2D eigenvalue weighted by molar-refractivity contribution is 7.89. The third-order valence-electron chi connectivity index (χ3n) is 3.74. The van der Waals surface area contributed by atoms with E-state index in [0.29, 0.717) is 29.4 Å². The van der Waals surface area contributed by atoms with Crippen LogP contribution in [0, 0.1) is 6.92 Å². The Morgan fingerprint density at radius 1 is 1.07 bits per heavy atom. The summed E-state index contributed by atoms with van der Waals surface area (Å²) in [7, 11) is -0.675. The summed E-state index contributed by atoms with van der Waals surface area (Å²) in [6.45, 7) is 3.82. The van der Waals surface area contributed by atoms with Gasteiger partial charge in [-0.1, -0.05) is 18.2 Å². The molecular weight excluding hydrogens is 368 g/mol. The Labute approximate surface area is 160 Å². The van der Waals surface area contributed by atoms with E-state index in [-0.39, 0.29) is 11.5 Å². The minimum Gasteiger partial charge on any atom is -0.490 e. The van der Waals surface area contributed by atoms with Crippen molar-refractivity contribution in [3.05, 3.63) is 48.0 Å². The van der Waals surface area contributed by atoms with Crippen molar-refractivity contribution >= 4 is 21.6 Å². The molecule has 0 bridgehead atoms. The van der Waals surface area contributed by atoms with Crippen molar-refractivity contribution < 1.29 is 22.7 Å². The molecule has 2 aromatic carbocycles. The minimum absolute atomic E-state index is 0.146. The number of aryl methyl sites for hydroxylation is 1. The molecule has 0 heterocycles. The normalized spacial score (nSPS) is 11.3. The molecule has 0 aromatic heterocycles. The Hall–Kier alpha value is -2.58. The van der Waals surface area contributed by atoms with E-state index < -0.39 is 15.9 Å². The average molecular weight is 392 g/mol. The number of carbonyl (C=O) groups excluding carboxylic acids is 1. The monoisotopic (exact) mass is 392 g/mol. The molecule has 2 rings (SSSR count). The number of hydrogen-bond acceptors (Lipinski definition) is 5. The van der Waals surface area contributed by atoms with Crippen LogP contribution in [0.5, 0.6) is 11.5 Å². The summed E-state index contributed by atoms with van der Waals surface area (Å²) in [5.74, 6) is 0.620. The smallest absolute Gasteiger partial charge is 0.262 e. The van der Waals surface area contributed by atoms with Gasteiger partial charge in [0.05, 0.1) is 11.5 Å². The molecular formula is C19H24N2O5S. The van der Waals surface area contributed by atoms with Crippen LogP contribution in [0.3, 0.4) is 0 Å². The molecule has 0 saturated carbocycles. The third kappa shape index (κ3) is 5.21. The maximum Gasteiger partial charge on any atom is 0.262 e. The molecule has 0 spiro atoms. The number of rotatable bonds is 8. The van der Waals surface area contributed by atoms with Crippen molar-refractivity contribution in [3.63, 3.8) is 0 Å². The fraction of sp³-hybridized carbons (Fsp3) is 0.316. The van der Waals surface area contributed by atoms with Crippen molar-refractivity contribution in [2.45, 2.75) is 18.7 Å². The first-order valence-electron chi connectivity index (χ1n) is 8.43. The number of para-hydroxylation sites is 2. The zero-order valence-electron chi connectivity index (χ0n) is 15.9. The molecule has 0 aliphatic heterocycles. The number of anilines is 1. The lowest BCUT2D eigenvalue weighted by atomic mass is 10.2. The standard InChI is InChI=1S/C19H24N2O5S/c1-5-25-16-8-6-7-9-17(16)26-13-19(22)20-15-11-10-14(2)18(12-15)27(23,24)21(3)4/h6-12H,5,13H2,1-4H3,(H,20,22). The van der Waals surface area contributed by atoms with Gasteiger partial charge in [0.15, 0.2) is 18.1 Å². The van der Waals surface area contributed by atoms with Crippen LogP contribution in [0.2, 0.25) is 0 Å². The summed E-state index contributed by atoms with van der Waals surface area (Å²) in [4.78, 5) is 12.3. The van der Waals surface area contributed by atoms with Crippen LogP contribution in [0.1, 0.15) is 12.5 Å². The summed E-state index contributed by atoms with van der Waals surface area (Å²) in [6, 6.07) is 11.8. The van der Waals surface area contributed by atoms with Crippen molar-refractivity contribution in [2.24, 2.45) is 0 Å². The van der Waals surface area contributed by atoms with Gasteiger partial charge in [0.1, 0.15) is 0 Å². The van der Waals surface area contributed by atoms with Crippen LogP contribution in [-0.2, 0) is 14.8 Å². The predicted molar refractivity (Wildman–Crippen MR) is 104 cm³/mol. The highest BCUT2D eigenvalue weighted by Gasteiger charge is 2.20. The number of benzene rings is 2. The second kappa shape index (κ2) is 8.88. The Morgan fingerprint density at radius 2 is 1.70 bits per heavy atom.